The highest BCUT2D eigenvalue weighted by molar-refractivity contribution is 5.20. The van der Waals surface area contributed by atoms with E-state index in [0.717, 1.165) is 11.8 Å². The van der Waals surface area contributed by atoms with Crippen LogP contribution in [0.25, 0.3) is 0 Å². The van der Waals surface area contributed by atoms with Crippen LogP contribution in [0.5, 0.6) is 0 Å². The molecular formula is C96H186. The van der Waals surface area contributed by atoms with Crippen LogP contribution in [-0.2, 0) is 0 Å². The second-order valence-corrected chi connectivity index (χ2v) is 43.9. The summed E-state index contributed by atoms with van der Waals surface area (Å²) in [6.45, 7) is 112. The Morgan fingerprint density at radius 2 is 0.792 bits per heavy atom. The van der Waals surface area contributed by atoms with Crippen molar-refractivity contribution in [3.05, 3.63) is 94.2 Å². The monoisotopic (exact) mass is 1340 g/mol. The van der Waals surface area contributed by atoms with Gasteiger partial charge in [0, 0.05) is 0 Å². The summed E-state index contributed by atoms with van der Waals surface area (Å²) in [7, 11) is 0. The zero-order valence-electron chi connectivity index (χ0n) is 76.0. The first-order valence-corrected chi connectivity index (χ1v) is 39.8. The molecule has 3 aliphatic carbocycles. The molecule has 0 amide bonds. The van der Waals surface area contributed by atoms with E-state index in [1.54, 1.807) is 11.1 Å². The zero-order chi connectivity index (χ0) is 77.7. The van der Waals surface area contributed by atoms with Gasteiger partial charge >= 0.3 is 0 Å². The molecule has 0 N–H and O–H groups in total. The Balaban J connectivity index is -0.000000329. The first-order chi connectivity index (χ1) is 42.3. The molecule has 570 valence electrons. The maximum absolute atomic E-state index is 2.56. The Labute approximate surface area is 612 Å². The second kappa shape index (κ2) is 43.8. The molecule has 0 aromatic rings. The molecule has 3 rings (SSSR count). The molecule has 0 nitrogen and oxygen atoms in total. The Morgan fingerprint density at radius 3 is 1.06 bits per heavy atom. The van der Waals surface area contributed by atoms with Crippen molar-refractivity contribution < 1.29 is 0 Å². The van der Waals surface area contributed by atoms with E-state index in [-0.39, 0.29) is 0 Å². The molecule has 0 aliphatic heterocycles. The molecule has 0 saturated heterocycles. The van der Waals surface area contributed by atoms with Gasteiger partial charge in [-0.2, -0.15) is 0 Å². The standard InChI is InChI=1S/C14H26.C13H24.C12H22.2C12H24.3C11H22/c1-13(2,3)11-8-7-9-12(10-11)14(4,5)6;1-12(2,3)10-7-8-11(9-10)13(4,5)6;1-10(2)6-7-12(8-9-12)11(3,4)5;1-9(2)10(3)8-11(4)12(5,6)7;1-9(2)8-10(3)11(4)12(5,6)7;1-9(2)7-10(3)8-11(4,5)6;1-9(2)10(3)7-8-11(4,5)6;1-9(2)7-8-10(3)11(4,5)6/h10-11H,7-9H2,1-6H3;9-10H,7-8H2,1-6H3;6-7,10H,8-9H2,1-5H3;2*8-9,11H,1-7H3;2*7,9H,8H2,1-6H3;7-10H,1-6H3/b;;7-6+;2*10-8+;2*10-7+;8-7+. The van der Waals surface area contributed by atoms with Crippen molar-refractivity contribution in [1.29, 1.82) is 0 Å². The second-order valence-electron chi connectivity index (χ2n) is 43.9. The molecule has 0 aromatic heterocycles. The lowest BCUT2D eigenvalue weighted by Crippen LogP contribution is -2.24. The van der Waals surface area contributed by atoms with Crippen molar-refractivity contribution >= 4 is 0 Å². The van der Waals surface area contributed by atoms with Crippen LogP contribution in [0.4, 0.5) is 0 Å². The summed E-state index contributed by atoms with van der Waals surface area (Å²) in [6.07, 6.45) is 35.9. The highest BCUT2D eigenvalue weighted by Crippen LogP contribution is 2.59. The molecule has 0 heterocycles. The van der Waals surface area contributed by atoms with Gasteiger partial charge in [-0.05, 0) is 210 Å². The summed E-state index contributed by atoms with van der Waals surface area (Å²) in [4.78, 5) is 0. The van der Waals surface area contributed by atoms with Gasteiger partial charge in [-0.15, -0.1) is 0 Å². The maximum atomic E-state index is 2.56. The van der Waals surface area contributed by atoms with E-state index in [2.05, 4.69) is 400 Å². The summed E-state index contributed by atoms with van der Waals surface area (Å²) in [5.41, 5.74) is 14.1. The Kier molecular flexibility index (Phi) is 46.8. The fourth-order valence-corrected chi connectivity index (χ4v) is 11.0. The van der Waals surface area contributed by atoms with Crippen molar-refractivity contribution in [3.63, 3.8) is 0 Å². The summed E-state index contributed by atoms with van der Waals surface area (Å²) >= 11 is 0. The quantitative estimate of drug-likeness (QED) is 0.171. The average molecular weight is 1340 g/mol. The van der Waals surface area contributed by atoms with Crippen LogP contribution in [0.2, 0.25) is 0 Å². The van der Waals surface area contributed by atoms with E-state index in [4.69, 9.17) is 0 Å². The Morgan fingerprint density at radius 1 is 0.406 bits per heavy atom. The SMILES string of the molecule is C/C(=C\C(C)C(C)(C)C)C(C)C.C/C(=C\C(C)C)C(C)C(C)(C)C.C/C(=C\C(C)C)CC(C)(C)C.C/C(=C\CC(C)(C)C)C(C)C.CC(C)(C)C1=CC(C(C)(C)C)CC1.CC(C)(C)C1=CC(C(C)(C)C)CCC1.CC(C)/C=C/C(C)C(C)(C)C.CC(C)/C=C/C1(C(C)(C)C)CC1. The van der Waals surface area contributed by atoms with Gasteiger partial charge < -0.3 is 0 Å². The van der Waals surface area contributed by atoms with Crippen LogP contribution in [-0.4, -0.2) is 0 Å². The third-order valence-electron chi connectivity index (χ3n) is 20.6. The molecule has 5 atom stereocenters. The van der Waals surface area contributed by atoms with Crippen LogP contribution in [0, 0.1) is 125 Å². The van der Waals surface area contributed by atoms with Gasteiger partial charge in [-0.25, -0.2) is 0 Å². The zero-order valence-corrected chi connectivity index (χ0v) is 76.0. The van der Waals surface area contributed by atoms with Crippen LogP contribution in [0.3, 0.4) is 0 Å². The van der Waals surface area contributed by atoms with E-state index >= 15 is 0 Å². The van der Waals surface area contributed by atoms with Crippen LogP contribution >= 0.6 is 0 Å². The number of allylic oxidation sites excluding steroid dienone is 16. The van der Waals surface area contributed by atoms with Gasteiger partial charge in [0.05, 0.1) is 0 Å². The van der Waals surface area contributed by atoms with Crippen LogP contribution in [0.1, 0.15) is 397 Å². The van der Waals surface area contributed by atoms with E-state index in [1.165, 1.54) is 80.1 Å². The smallest absolute Gasteiger partial charge is 0.00690 e. The fraction of sp³-hybridized carbons (Fsp3) is 0.833. The lowest BCUT2D eigenvalue weighted by atomic mass is 9.70. The number of rotatable bonds is 12. The first-order valence-electron chi connectivity index (χ1n) is 39.8. The van der Waals surface area contributed by atoms with E-state index in [0.29, 0.717) is 113 Å². The normalized spacial score (nSPS) is 19.1. The van der Waals surface area contributed by atoms with Gasteiger partial charge in [0.2, 0.25) is 0 Å². The molecule has 0 heteroatoms. The van der Waals surface area contributed by atoms with E-state index < -0.39 is 0 Å². The van der Waals surface area contributed by atoms with Gasteiger partial charge in [-0.3, -0.25) is 0 Å². The van der Waals surface area contributed by atoms with Gasteiger partial charge in [0.1, 0.15) is 0 Å². The molecule has 1 saturated carbocycles. The van der Waals surface area contributed by atoms with Crippen molar-refractivity contribution in [3.8, 4) is 0 Å². The minimum atomic E-state index is 0.379. The minimum absolute atomic E-state index is 0.379. The maximum Gasteiger partial charge on any atom is -0.00690 e. The minimum Gasteiger partial charge on any atom is -0.0857 e. The average Bonchev–Trinajstić information content (AvgIpc) is 1.61. The summed E-state index contributed by atoms with van der Waals surface area (Å²) in [6, 6.07) is 0. The Bertz CT molecular complexity index is 2290. The molecule has 0 aromatic carbocycles. The van der Waals surface area contributed by atoms with Crippen LogP contribution in [0.15, 0.2) is 94.2 Å². The summed E-state index contributed by atoms with van der Waals surface area (Å²) in [5, 5.41) is 0. The van der Waals surface area contributed by atoms with Crippen molar-refractivity contribution in [2.45, 2.75) is 397 Å². The third kappa shape index (κ3) is 53.7. The molecule has 0 spiro atoms. The predicted molar refractivity (Wildman–Crippen MR) is 452 cm³/mol. The predicted octanol–water partition coefficient (Wildman–Crippen LogP) is 33.7. The third-order valence-corrected chi connectivity index (χ3v) is 20.6. The molecule has 0 radical (unpaired) electrons. The van der Waals surface area contributed by atoms with Gasteiger partial charge in [-0.1, -0.05) is 406 Å². The van der Waals surface area contributed by atoms with Crippen molar-refractivity contribution in [2.75, 3.05) is 0 Å². The molecular weight excluding hydrogens is 1150 g/mol. The molecule has 3 aliphatic rings. The topological polar surface area (TPSA) is 0 Å². The van der Waals surface area contributed by atoms with Gasteiger partial charge in [0.15, 0.2) is 0 Å². The molecule has 96 heavy (non-hydrogen) atoms. The first kappa shape index (κ1) is 103. The molecule has 0 bridgehead atoms. The lowest BCUT2D eigenvalue weighted by molar-refractivity contribution is 0.255. The van der Waals surface area contributed by atoms with E-state index in [9.17, 15) is 0 Å². The number of hydrogen-bond donors (Lipinski definition) is 0. The molecule has 5 unspecified atom stereocenters. The summed E-state index contributed by atoms with van der Waals surface area (Å²) in [5.74, 6) is 7.74. The Hall–Kier alpha value is -2.08. The highest BCUT2D eigenvalue weighted by Gasteiger charge is 2.49. The number of hydrogen-bond acceptors (Lipinski definition) is 0. The van der Waals surface area contributed by atoms with Crippen molar-refractivity contribution in [2.24, 2.45) is 125 Å². The van der Waals surface area contributed by atoms with Crippen molar-refractivity contribution in [1.82, 2.24) is 0 Å². The fourth-order valence-electron chi connectivity index (χ4n) is 11.0. The lowest BCUT2D eigenvalue weighted by Gasteiger charge is -2.36. The largest absolute Gasteiger partial charge is 0.0857 e. The molecule has 1 fully saturated rings. The van der Waals surface area contributed by atoms with E-state index in [1.807, 2.05) is 0 Å². The van der Waals surface area contributed by atoms with Crippen LogP contribution < -0.4 is 0 Å². The highest BCUT2D eigenvalue weighted by atomic mass is 14.5. The summed E-state index contributed by atoms with van der Waals surface area (Å²) < 4.78 is 0. The van der Waals surface area contributed by atoms with Gasteiger partial charge in [0.25, 0.3) is 0 Å².